The highest BCUT2D eigenvalue weighted by atomic mass is 127. The average molecular weight is 482 g/mol. The van der Waals surface area contributed by atoms with Crippen LogP contribution < -0.4 is 0 Å². The quantitative estimate of drug-likeness (QED) is 0.316. The lowest BCUT2D eigenvalue weighted by Crippen LogP contribution is -2.06. The Bertz CT molecular complexity index is 924. The molecule has 0 aliphatic heterocycles. The Morgan fingerprint density at radius 3 is 2.17 bits per heavy atom. The van der Waals surface area contributed by atoms with Crippen molar-refractivity contribution in [3.63, 3.8) is 0 Å². The third-order valence-electron chi connectivity index (χ3n) is 3.00. The van der Waals surface area contributed by atoms with E-state index in [4.69, 9.17) is 11.6 Å². The first kappa shape index (κ1) is 16.7. The molecule has 0 unspecified atom stereocenters. The summed E-state index contributed by atoms with van der Waals surface area (Å²) < 4.78 is 65.4. The first-order chi connectivity index (χ1) is 10.4. The molecule has 0 amide bonds. The van der Waals surface area contributed by atoms with Crippen LogP contribution in [0.4, 0.5) is 19.4 Å². The van der Waals surface area contributed by atoms with Gasteiger partial charge in [-0.15, -0.1) is 0 Å². The van der Waals surface area contributed by atoms with E-state index < -0.39 is 15.1 Å². The first-order valence-corrected chi connectivity index (χ1v) is 9.31. The van der Waals surface area contributed by atoms with Crippen LogP contribution in [0.15, 0.2) is 41.4 Å². The number of hydrogen-bond acceptors (Lipinski definition) is 2. The second-order valence-electron chi connectivity index (χ2n) is 4.66. The number of rotatable bonds is 2. The summed E-state index contributed by atoms with van der Waals surface area (Å²) in [6, 6.07) is 4.05. The van der Waals surface area contributed by atoms with Gasteiger partial charge in [-0.05, 0) is 52.9 Å². The first-order valence-electron chi connectivity index (χ1n) is 5.90. The molecule has 0 fully saturated rings. The molecule has 0 atom stereocenters. The van der Waals surface area contributed by atoms with E-state index in [1.54, 1.807) is 6.07 Å². The van der Waals surface area contributed by atoms with E-state index >= 15 is 0 Å². The van der Waals surface area contributed by atoms with Crippen molar-refractivity contribution < 1.29 is 19.4 Å². The minimum absolute atomic E-state index is 0.165. The van der Waals surface area contributed by atoms with E-state index in [-0.39, 0.29) is 5.69 Å². The minimum Gasteiger partial charge on any atom is -0.236 e. The third-order valence-corrected chi connectivity index (χ3v) is 5.23. The maximum Gasteiger partial charge on any atom is 0.310 e. The standard InChI is InChI=1S/C12H6ClF5IN3S/c13-9-5-6-20-12-10(9)11(19)21-22(12)7-1-3-8(4-2-7)23(14,15,16,17)18/h1-6H. The lowest BCUT2D eigenvalue weighted by Gasteiger charge is -2.40. The van der Waals surface area contributed by atoms with E-state index in [2.05, 4.69) is 10.1 Å². The fraction of sp³-hybridized carbons (Fsp3) is 0. The summed E-state index contributed by atoms with van der Waals surface area (Å²) in [6.07, 6.45) is 1.42. The molecule has 1 aromatic carbocycles. The number of aromatic nitrogens is 3. The van der Waals surface area contributed by atoms with Gasteiger partial charge in [-0.1, -0.05) is 31.0 Å². The molecule has 3 rings (SSSR count). The van der Waals surface area contributed by atoms with Crippen molar-refractivity contribution in [2.45, 2.75) is 4.90 Å². The van der Waals surface area contributed by atoms with Crippen molar-refractivity contribution >= 4 is 55.4 Å². The lowest BCUT2D eigenvalue weighted by molar-refractivity contribution is 0.364. The molecule has 124 valence electrons. The van der Waals surface area contributed by atoms with Gasteiger partial charge in [0.1, 0.15) is 8.60 Å². The Morgan fingerprint density at radius 1 is 1.00 bits per heavy atom. The molecular formula is C12H6ClF5IN3S. The normalized spacial score (nSPS) is 15.4. The predicted octanol–water partition coefficient (Wildman–Crippen LogP) is 6.34. The zero-order chi connectivity index (χ0) is 17.1. The summed E-state index contributed by atoms with van der Waals surface area (Å²) in [4.78, 5) is 2.13. The van der Waals surface area contributed by atoms with Gasteiger partial charge in [0.25, 0.3) is 0 Å². The fourth-order valence-corrected chi connectivity index (χ4v) is 3.78. The molecule has 0 radical (unpaired) electrons. The maximum absolute atomic E-state index is 12.7. The van der Waals surface area contributed by atoms with Gasteiger partial charge in [0.2, 0.25) is 0 Å². The van der Waals surface area contributed by atoms with Gasteiger partial charge in [-0.2, -0.15) is 5.10 Å². The molecule has 0 bridgehead atoms. The summed E-state index contributed by atoms with van der Waals surface area (Å²) >= 11 is 7.95. The highest BCUT2D eigenvalue weighted by Crippen LogP contribution is 3.02. The van der Waals surface area contributed by atoms with Crippen LogP contribution in [0.5, 0.6) is 0 Å². The van der Waals surface area contributed by atoms with E-state index in [9.17, 15) is 19.4 Å². The van der Waals surface area contributed by atoms with Crippen molar-refractivity contribution in [3.8, 4) is 5.69 Å². The van der Waals surface area contributed by atoms with Crippen molar-refractivity contribution in [3.05, 3.63) is 45.3 Å². The highest BCUT2D eigenvalue weighted by molar-refractivity contribution is 14.1. The van der Waals surface area contributed by atoms with Gasteiger partial charge in [0, 0.05) is 6.20 Å². The van der Waals surface area contributed by atoms with Gasteiger partial charge in [0.15, 0.2) is 5.65 Å². The maximum atomic E-state index is 12.7. The second-order valence-corrected chi connectivity index (χ2v) is 8.50. The third kappa shape index (κ3) is 3.11. The molecule has 2 heterocycles. The molecule has 0 aliphatic carbocycles. The lowest BCUT2D eigenvalue weighted by atomic mass is 10.3. The molecule has 0 spiro atoms. The van der Waals surface area contributed by atoms with Gasteiger partial charge >= 0.3 is 10.2 Å². The highest BCUT2D eigenvalue weighted by Gasteiger charge is 2.65. The molecule has 0 N–H and O–H groups in total. The van der Waals surface area contributed by atoms with Crippen LogP contribution in [0.1, 0.15) is 0 Å². The van der Waals surface area contributed by atoms with Crippen molar-refractivity contribution in [2.24, 2.45) is 0 Å². The minimum atomic E-state index is -9.69. The molecule has 23 heavy (non-hydrogen) atoms. The summed E-state index contributed by atoms with van der Waals surface area (Å²) in [5, 5.41) is 5.06. The van der Waals surface area contributed by atoms with Crippen LogP contribution in [-0.4, -0.2) is 14.8 Å². The molecule has 0 saturated heterocycles. The van der Waals surface area contributed by atoms with Crippen LogP contribution in [0.25, 0.3) is 16.7 Å². The zero-order valence-corrected chi connectivity index (χ0v) is 14.6. The monoisotopic (exact) mass is 481 g/mol. The summed E-state index contributed by atoms with van der Waals surface area (Å²) in [5.41, 5.74) is 0.486. The molecular weight excluding hydrogens is 476 g/mol. The number of nitrogens with zero attached hydrogens (tertiary/aromatic N) is 3. The van der Waals surface area contributed by atoms with Crippen LogP contribution in [0, 0.1) is 3.70 Å². The molecule has 11 heteroatoms. The molecule has 0 aliphatic rings. The van der Waals surface area contributed by atoms with Crippen molar-refractivity contribution in [1.29, 1.82) is 0 Å². The smallest absolute Gasteiger partial charge is 0.236 e. The Labute approximate surface area is 145 Å². The van der Waals surface area contributed by atoms with Gasteiger partial charge in [-0.3, -0.25) is 0 Å². The second kappa shape index (κ2) is 4.48. The van der Waals surface area contributed by atoms with E-state index in [0.717, 1.165) is 12.1 Å². The van der Waals surface area contributed by atoms with Crippen molar-refractivity contribution in [1.82, 2.24) is 14.8 Å². The Kier molecular flexibility index (Phi) is 3.25. The summed E-state index contributed by atoms with van der Waals surface area (Å²) in [7, 11) is -9.69. The van der Waals surface area contributed by atoms with Crippen LogP contribution in [0.2, 0.25) is 5.02 Å². The number of benzene rings is 1. The van der Waals surface area contributed by atoms with E-state index in [0.29, 0.717) is 31.9 Å². The van der Waals surface area contributed by atoms with Crippen LogP contribution in [-0.2, 0) is 0 Å². The predicted molar refractivity (Wildman–Crippen MR) is 88.0 cm³/mol. The van der Waals surface area contributed by atoms with E-state index in [1.807, 2.05) is 22.6 Å². The number of pyridine rings is 1. The fourth-order valence-electron chi connectivity index (χ4n) is 1.99. The van der Waals surface area contributed by atoms with Gasteiger partial charge in [0.05, 0.1) is 16.1 Å². The SMILES string of the molecule is FS(F)(F)(F)(F)c1ccc(-n2nc(I)c3c(Cl)ccnc32)cc1. The van der Waals surface area contributed by atoms with Crippen LogP contribution in [0.3, 0.4) is 0 Å². The van der Waals surface area contributed by atoms with Gasteiger partial charge in [-0.25, -0.2) is 9.67 Å². The Morgan fingerprint density at radius 2 is 1.61 bits per heavy atom. The topological polar surface area (TPSA) is 30.7 Å². The summed E-state index contributed by atoms with van der Waals surface area (Å²) in [5.74, 6) is 0. The molecule has 3 nitrogen and oxygen atoms in total. The average Bonchev–Trinajstić information content (AvgIpc) is 2.75. The zero-order valence-electron chi connectivity index (χ0n) is 10.9. The number of halogens is 7. The molecule has 3 aromatic rings. The van der Waals surface area contributed by atoms with Gasteiger partial charge < -0.3 is 0 Å². The number of fused-ring (bicyclic) bond motifs is 1. The van der Waals surface area contributed by atoms with E-state index in [1.165, 1.54) is 10.9 Å². The molecule has 0 saturated carbocycles. The molecule has 2 aromatic heterocycles. The Hall–Kier alpha value is -1.14. The van der Waals surface area contributed by atoms with Crippen molar-refractivity contribution in [2.75, 3.05) is 0 Å². The Balaban J connectivity index is 2.17. The number of hydrogen-bond donors (Lipinski definition) is 0. The largest absolute Gasteiger partial charge is 0.310 e. The van der Waals surface area contributed by atoms with Crippen LogP contribution >= 0.6 is 44.4 Å². The summed E-state index contributed by atoms with van der Waals surface area (Å²) in [6.45, 7) is 0.